The maximum Gasteiger partial charge on any atom is 0.254 e. The summed E-state index contributed by atoms with van der Waals surface area (Å²) in [4.78, 5) is 35.1. The van der Waals surface area contributed by atoms with Gasteiger partial charge in [-0.15, -0.1) is 0 Å². The lowest BCUT2D eigenvalue weighted by atomic mass is 9.77. The monoisotopic (exact) mass is 535 g/mol. The number of piperidine rings is 1. The Morgan fingerprint density at radius 1 is 0.949 bits per heavy atom. The van der Waals surface area contributed by atoms with Gasteiger partial charge in [-0.2, -0.15) is 0 Å². The van der Waals surface area contributed by atoms with Gasteiger partial charge in [-0.25, -0.2) is 9.97 Å². The summed E-state index contributed by atoms with van der Waals surface area (Å²) in [6.07, 6.45) is 10.6. The first-order valence-electron chi connectivity index (χ1n) is 13.9. The number of ether oxygens (including phenoxy) is 2. The number of benzene rings is 1. The predicted molar refractivity (Wildman–Crippen MR) is 148 cm³/mol. The molecule has 1 amide bonds. The van der Waals surface area contributed by atoms with Crippen LogP contribution in [0.4, 0.5) is 0 Å². The first kappa shape index (κ1) is 27.5. The van der Waals surface area contributed by atoms with E-state index in [2.05, 4.69) is 41.9 Å². The number of carbonyl (C=O) groups excluding carboxylic acids is 1. The van der Waals surface area contributed by atoms with Crippen molar-refractivity contribution in [1.82, 2.24) is 34.6 Å². The summed E-state index contributed by atoms with van der Waals surface area (Å²) in [5.74, 6) is 1.45. The third kappa shape index (κ3) is 6.94. The van der Waals surface area contributed by atoms with Crippen LogP contribution in [0.15, 0.2) is 49.1 Å². The lowest BCUT2D eigenvalue weighted by molar-refractivity contribution is 0.00305. The number of rotatable bonds is 12. The normalized spacial score (nSPS) is 17.8. The molecule has 0 atom stereocenters. The van der Waals surface area contributed by atoms with E-state index in [0.29, 0.717) is 30.1 Å². The number of amides is 1. The zero-order valence-electron chi connectivity index (χ0n) is 23.1. The van der Waals surface area contributed by atoms with Crippen LogP contribution < -0.4 is 0 Å². The summed E-state index contributed by atoms with van der Waals surface area (Å²) < 4.78 is 10.9. The maximum absolute atomic E-state index is 13.4. The SMILES string of the molecule is COCC(COC)N1CCC2(CCN(Cc3ccc(C(=O)N(Cc4ncc[nH]4)Cc4ncc[nH]4)cc3)C2)CC1. The molecule has 2 fully saturated rings. The van der Waals surface area contributed by atoms with E-state index in [1.807, 2.05) is 12.1 Å². The lowest BCUT2D eigenvalue weighted by Crippen LogP contribution is -2.49. The van der Waals surface area contributed by atoms with Crippen LogP contribution in [0.1, 0.15) is 46.8 Å². The first-order chi connectivity index (χ1) is 19.1. The van der Waals surface area contributed by atoms with Gasteiger partial charge in [0.05, 0.1) is 32.3 Å². The van der Waals surface area contributed by atoms with Gasteiger partial charge >= 0.3 is 0 Å². The highest BCUT2D eigenvalue weighted by atomic mass is 16.5. The predicted octanol–water partition coefficient (Wildman–Crippen LogP) is 2.92. The van der Waals surface area contributed by atoms with Gasteiger partial charge in [0.15, 0.2) is 0 Å². The van der Waals surface area contributed by atoms with E-state index in [1.165, 1.54) is 24.8 Å². The number of aromatic nitrogens is 4. The summed E-state index contributed by atoms with van der Waals surface area (Å²) in [7, 11) is 3.53. The molecule has 2 saturated heterocycles. The number of hydrogen-bond donors (Lipinski definition) is 2. The summed E-state index contributed by atoms with van der Waals surface area (Å²) in [5.41, 5.74) is 2.32. The number of likely N-dealkylation sites (tertiary alicyclic amines) is 2. The number of nitrogens with zero attached hydrogens (tertiary/aromatic N) is 5. The van der Waals surface area contributed by atoms with E-state index in [1.54, 1.807) is 43.9 Å². The van der Waals surface area contributed by atoms with E-state index < -0.39 is 0 Å². The van der Waals surface area contributed by atoms with E-state index in [0.717, 1.165) is 57.6 Å². The van der Waals surface area contributed by atoms with E-state index >= 15 is 0 Å². The quantitative estimate of drug-likeness (QED) is 0.368. The van der Waals surface area contributed by atoms with Gasteiger partial charge in [0.1, 0.15) is 11.6 Å². The molecular weight excluding hydrogens is 494 g/mol. The average molecular weight is 536 g/mol. The van der Waals surface area contributed by atoms with Crippen LogP contribution in [-0.4, -0.2) is 100 Å². The second-order valence-electron chi connectivity index (χ2n) is 11.0. The molecule has 0 bridgehead atoms. The fourth-order valence-corrected chi connectivity index (χ4v) is 6.10. The average Bonchev–Trinajstić information content (AvgIpc) is 3.73. The molecular formula is C29H41N7O3. The second-order valence-corrected chi connectivity index (χ2v) is 11.0. The van der Waals surface area contributed by atoms with Crippen molar-refractivity contribution in [3.8, 4) is 0 Å². The Balaban J connectivity index is 1.16. The fourth-order valence-electron chi connectivity index (χ4n) is 6.10. The molecule has 0 unspecified atom stereocenters. The number of carbonyl (C=O) groups is 1. The minimum atomic E-state index is -0.0403. The molecule has 0 saturated carbocycles. The molecule has 2 aliphatic rings. The van der Waals surface area contributed by atoms with E-state index in [4.69, 9.17) is 9.47 Å². The van der Waals surface area contributed by atoms with Crippen LogP contribution in [0, 0.1) is 5.41 Å². The van der Waals surface area contributed by atoms with Gasteiger partial charge in [0, 0.05) is 57.7 Å². The van der Waals surface area contributed by atoms with E-state index in [9.17, 15) is 4.79 Å². The molecule has 2 aromatic heterocycles. The molecule has 10 heteroatoms. The molecule has 10 nitrogen and oxygen atoms in total. The summed E-state index contributed by atoms with van der Waals surface area (Å²) >= 11 is 0. The summed E-state index contributed by atoms with van der Waals surface area (Å²) in [6.45, 7) is 7.60. The van der Waals surface area contributed by atoms with Gasteiger partial charge in [-0.05, 0) is 62.0 Å². The second kappa shape index (κ2) is 12.9. The molecule has 0 aliphatic carbocycles. The lowest BCUT2D eigenvalue weighted by Gasteiger charge is -2.42. The molecule has 1 aromatic carbocycles. The van der Waals surface area contributed by atoms with Crippen LogP contribution >= 0.6 is 0 Å². The third-order valence-electron chi connectivity index (χ3n) is 8.30. The smallest absolute Gasteiger partial charge is 0.254 e. The van der Waals surface area contributed by atoms with Crippen LogP contribution in [0.2, 0.25) is 0 Å². The number of nitrogens with one attached hydrogen (secondary N) is 2. The largest absolute Gasteiger partial charge is 0.383 e. The Morgan fingerprint density at radius 3 is 2.08 bits per heavy atom. The highest BCUT2D eigenvalue weighted by Crippen LogP contribution is 2.41. The van der Waals surface area contributed by atoms with Crippen molar-refractivity contribution in [2.24, 2.45) is 5.41 Å². The Labute approximate surface area is 230 Å². The number of aromatic amines is 2. The first-order valence-corrected chi connectivity index (χ1v) is 13.9. The summed E-state index contributed by atoms with van der Waals surface area (Å²) in [6, 6.07) is 8.43. The van der Waals surface area contributed by atoms with Gasteiger partial charge in [0.25, 0.3) is 5.91 Å². The van der Waals surface area contributed by atoms with Crippen LogP contribution in [-0.2, 0) is 29.1 Å². The zero-order chi connectivity index (χ0) is 27.1. The molecule has 3 aromatic rings. The Morgan fingerprint density at radius 2 is 1.54 bits per heavy atom. The standard InChI is InChI=1S/C29H41N7O3/c1-38-20-25(21-39-2)35-15-8-29(9-16-35)7-14-34(22-29)17-23-3-5-24(6-4-23)28(37)36(18-26-30-10-11-31-26)19-27-32-12-13-33-27/h3-6,10-13,25H,7-9,14-22H2,1-2H3,(H,30,31)(H,32,33). The van der Waals surface area contributed by atoms with Crippen LogP contribution in [0.5, 0.6) is 0 Å². The Bertz CT molecular complexity index is 1100. The number of imidazole rings is 2. The Hall–Kier alpha value is -3.05. The van der Waals surface area contributed by atoms with Gasteiger partial charge in [-0.1, -0.05) is 12.1 Å². The molecule has 39 heavy (non-hydrogen) atoms. The van der Waals surface area contributed by atoms with E-state index in [-0.39, 0.29) is 5.91 Å². The van der Waals surface area contributed by atoms with Gasteiger partial charge in [-0.3, -0.25) is 14.6 Å². The molecule has 4 heterocycles. The van der Waals surface area contributed by atoms with Crippen molar-refractivity contribution in [3.63, 3.8) is 0 Å². The molecule has 2 aliphatic heterocycles. The van der Waals surface area contributed by atoms with Crippen molar-refractivity contribution < 1.29 is 14.3 Å². The highest BCUT2D eigenvalue weighted by molar-refractivity contribution is 5.94. The highest BCUT2D eigenvalue weighted by Gasteiger charge is 2.41. The van der Waals surface area contributed by atoms with Crippen molar-refractivity contribution in [1.29, 1.82) is 0 Å². The number of H-pyrrole nitrogens is 2. The summed E-state index contributed by atoms with van der Waals surface area (Å²) in [5, 5.41) is 0. The molecule has 2 N–H and O–H groups in total. The minimum Gasteiger partial charge on any atom is -0.383 e. The van der Waals surface area contributed by atoms with Crippen LogP contribution in [0.3, 0.4) is 0 Å². The minimum absolute atomic E-state index is 0.0403. The van der Waals surface area contributed by atoms with Crippen LogP contribution in [0.25, 0.3) is 0 Å². The molecule has 5 rings (SSSR count). The van der Waals surface area contributed by atoms with Crippen molar-refractivity contribution in [3.05, 3.63) is 71.8 Å². The van der Waals surface area contributed by atoms with Crippen molar-refractivity contribution >= 4 is 5.91 Å². The zero-order valence-corrected chi connectivity index (χ0v) is 23.1. The Kier molecular flexibility index (Phi) is 9.08. The fraction of sp³-hybridized carbons (Fsp3) is 0.552. The third-order valence-corrected chi connectivity index (χ3v) is 8.30. The van der Waals surface area contributed by atoms with Gasteiger partial charge < -0.3 is 24.3 Å². The number of methoxy groups -OCH3 is 2. The maximum atomic E-state index is 13.4. The molecule has 0 radical (unpaired) electrons. The van der Waals surface area contributed by atoms with Gasteiger partial charge in [0.2, 0.25) is 0 Å². The molecule has 210 valence electrons. The topological polar surface area (TPSA) is 103 Å². The van der Waals surface area contributed by atoms with Crippen molar-refractivity contribution in [2.45, 2.75) is 44.9 Å². The molecule has 1 spiro atoms. The van der Waals surface area contributed by atoms with Crippen molar-refractivity contribution in [2.75, 3.05) is 53.6 Å². The number of hydrogen-bond acceptors (Lipinski definition) is 7.